The zero-order chi connectivity index (χ0) is 26.2. The Labute approximate surface area is 213 Å². The standard InChI is InChI=1S/C28H47NO5S/c1-3-5-7-9-10-11-12-13-14-15-16-17-18-20-22-24-28(31)29-26(25-35(32,33)34)27(30)23-21-19-8-6-4-2/h5,7,10-11,13-14,16-17,20,22,26-27,30H,3-4,6,8-9,12,15,18-19,21,23-25H2,1-2H3,(H,29,31)(H,32,33,34)/b7-5-,11-10-,14-13-,17-16-,22-20-. The van der Waals surface area contributed by atoms with Gasteiger partial charge in [-0.25, -0.2) is 0 Å². The predicted octanol–water partition coefficient (Wildman–Crippen LogP) is 6.22. The minimum absolute atomic E-state index is 0.0821. The highest BCUT2D eigenvalue weighted by Crippen LogP contribution is 2.11. The van der Waals surface area contributed by atoms with Crippen LogP contribution in [0.1, 0.15) is 90.9 Å². The van der Waals surface area contributed by atoms with Crippen molar-refractivity contribution in [3.63, 3.8) is 0 Å². The molecule has 0 saturated heterocycles. The van der Waals surface area contributed by atoms with E-state index < -0.39 is 28.0 Å². The van der Waals surface area contributed by atoms with E-state index in [0.717, 1.165) is 57.8 Å². The number of hydrogen-bond donors (Lipinski definition) is 3. The van der Waals surface area contributed by atoms with Crippen LogP contribution in [0.5, 0.6) is 0 Å². The zero-order valence-corrected chi connectivity index (χ0v) is 22.5. The number of amides is 1. The highest BCUT2D eigenvalue weighted by atomic mass is 32.2. The van der Waals surface area contributed by atoms with Crippen molar-refractivity contribution in [3.05, 3.63) is 60.8 Å². The van der Waals surface area contributed by atoms with E-state index in [1.165, 1.54) is 0 Å². The Balaban J connectivity index is 4.25. The van der Waals surface area contributed by atoms with E-state index in [-0.39, 0.29) is 12.3 Å². The molecule has 0 aromatic rings. The number of carbonyl (C=O) groups excluding carboxylic acids is 1. The van der Waals surface area contributed by atoms with Crippen LogP contribution in [0.3, 0.4) is 0 Å². The number of carbonyl (C=O) groups is 1. The summed E-state index contributed by atoms with van der Waals surface area (Å²) in [5, 5.41) is 12.9. The van der Waals surface area contributed by atoms with Crippen molar-refractivity contribution >= 4 is 16.0 Å². The second-order valence-electron chi connectivity index (χ2n) is 8.61. The van der Waals surface area contributed by atoms with Gasteiger partial charge in [-0.2, -0.15) is 8.42 Å². The zero-order valence-electron chi connectivity index (χ0n) is 21.6. The van der Waals surface area contributed by atoms with E-state index in [1.54, 1.807) is 6.08 Å². The third-order valence-electron chi connectivity index (χ3n) is 5.27. The van der Waals surface area contributed by atoms with Gasteiger partial charge in [-0.3, -0.25) is 9.35 Å². The normalized spacial score (nSPS) is 14.7. The number of unbranched alkanes of at least 4 members (excludes halogenated alkanes) is 4. The van der Waals surface area contributed by atoms with E-state index in [9.17, 15) is 22.9 Å². The number of hydrogen-bond acceptors (Lipinski definition) is 4. The average Bonchev–Trinajstić information content (AvgIpc) is 2.80. The fraction of sp³-hybridized carbons (Fsp3) is 0.607. The summed E-state index contributed by atoms with van der Waals surface area (Å²) in [4.78, 5) is 12.2. The number of aliphatic hydroxyl groups is 1. The molecule has 2 atom stereocenters. The molecule has 1 amide bonds. The summed E-state index contributed by atoms with van der Waals surface area (Å²) < 4.78 is 31.8. The van der Waals surface area contributed by atoms with Crippen molar-refractivity contribution < 1.29 is 22.9 Å². The summed E-state index contributed by atoms with van der Waals surface area (Å²) in [5.74, 6) is -1.08. The van der Waals surface area contributed by atoms with Gasteiger partial charge < -0.3 is 10.4 Å². The SMILES string of the molecule is CC/C=C\C/C=C\C/C=C\C/C=C\C/C=C\CC(=O)NC(CS(=O)(=O)O)C(O)CCCCCCC. The van der Waals surface area contributed by atoms with Crippen LogP contribution in [0.2, 0.25) is 0 Å². The lowest BCUT2D eigenvalue weighted by Crippen LogP contribution is -2.47. The molecule has 6 nitrogen and oxygen atoms in total. The van der Waals surface area contributed by atoms with Crippen LogP contribution in [-0.4, -0.2) is 41.9 Å². The highest BCUT2D eigenvalue weighted by Gasteiger charge is 2.25. The van der Waals surface area contributed by atoms with Gasteiger partial charge in [-0.05, 0) is 38.5 Å². The number of rotatable bonds is 21. The minimum atomic E-state index is -4.32. The van der Waals surface area contributed by atoms with Gasteiger partial charge in [0.05, 0.1) is 17.9 Å². The molecule has 0 aromatic heterocycles. The molecule has 0 rings (SSSR count). The summed E-state index contributed by atoms with van der Waals surface area (Å²) in [6.07, 6.45) is 29.5. The van der Waals surface area contributed by atoms with Crippen LogP contribution in [0.25, 0.3) is 0 Å². The van der Waals surface area contributed by atoms with Gasteiger partial charge in [-0.1, -0.05) is 107 Å². The summed E-state index contributed by atoms with van der Waals surface area (Å²) in [7, 11) is -4.32. The Morgan fingerprint density at radius 2 is 1.26 bits per heavy atom. The van der Waals surface area contributed by atoms with Crippen LogP contribution in [0.15, 0.2) is 60.8 Å². The second kappa shape index (κ2) is 22.5. The van der Waals surface area contributed by atoms with E-state index in [2.05, 4.69) is 61.7 Å². The lowest BCUT2D eigenvalue weighted by atomic mass is 10.0. The lowest BCUT2D eigenvalue weighted by molar-refractivity contribution is -0.121. The maximum absolute atomic E-state index is 12.2. The first kappa shape index (κ1) is 33.0. The van der Waals surface area contributed by atoms with Crippen LogP contribution in [-0.2, 0) is 14.9 Å². The van der Waals surface area contributed by atoms with E-state index >= 15 is 0 Å². The molecule has 0 aromatic carbocycles. The van der Waals surface area contributed by atoms with Gasteiger partial charge in [0, 0.05) is 6.42 Å². The number of aliphatic hydroxyl groups excluding tert-OH is 1. The maximum atomic E-state index is 12.2. The highest BCUT2D eigenvalue weighted by molar-refractivity contribution is 7.85. The van der Waals surface area contributed by atoms with Crippen molar-refractivity contribution in [1.29, 1.82) is 0 Å². The Morgan fingerprint density at radius 1 is 0.771 bits per heavy atom. The van der Waals surface area contributed by atoms with Gasteiger partial charge >= 0.3 is 0 Å². The monoisotopic (exact) mass is 509 g/mol. The Morgan fingerprint density at radius 3 is 1.74 bits per heavy atom. The molecule has 7 heteroatoms. The first-order chi connectivity index (χ1) is 16.8. The van der Waals surface area contributed by atoms with Crippen molar-refractivity contribution in [2.75, 3.05) is 5.75 Å². The molecule has 2 unspecified atom stereocenters. The third-order valence-corrected chi connectivity index (χ3v) is 6.05. The Hall–Kier alpha value is -1.96. The molecule has 0 aliphatic heterocycles. The van der Waals surface area contributed by atoms with Crippen LogP contribution in [0, 0.1) is 0 Å². The molecule has 0 heterocycles. The molecule has 35 heavy (non-hydrogen) atoms. The van der Waals surface area contributed by atoms with Crippen LogP contribution in [0.4, 0.5) is 0 Å². The van der Waals surface area contributed by atoms with Crippen LogP contribution >= 0.6 is 0 Å². The second-order valence-corrected chi connectivity index (χ2v) is 10.1. The van der Waals surface area contributed by atoms with Gasteiger partial charge in [0.15, 0.2) is 0 Å². The molecular formula is C28H47NO5S. The van der Waals surface area contributed by atoms with Crippen molar-refractivity contribution in [2.45, 2.75) is 103 Å². The predicted molar refractivity (Wildman–Crippen MR) is 147 cm³/mol. The molecule has 0 aliphatic carbocycles. The maximum Gasteiger partial charge on any atom is 0.266 e. The molecular weight excluding hydrogens is 462 g/mol. The first-order valence-electron chi connectivity index (χ1n) is 13.0. The smallest absolute Gasteiger partial charge is 0.266 e. The van der Waals surface area contributed by atoms with E-state index in [0.29, 0.717) is 12.8 Å². The first-order valence-corrected chi connectivity index (χ1v) is 14.6. The van der Waals surface area contributed by atoms with E-state index in [1.807, 2.05) is 12.2 Å². The molecule has 200 valence electrons. The lowest BCUT2D eigenvalue weighted by Gasteiger charge is -2.23. The van der Waals surface area contributed by atoms with Crippen molar-refractivity contribution in [2.24, 2.45) is 0 Å². The topological polar surface area (TPSA) is 104 Å². The van der Waals surface area contributed by atoms with Crippen molar-refractivity contribution in [3.8, 4) is 0 Å². The number of nitrogens with one attached hydrogen (secondary N) is 1. The summed E-state index contributed by atoms with van der Waals surface area (Å²) in [5.41, 5.74) is 0. The van der Waals surface area contributed by atoms with E-state index in [4.69, 9.17) is 0 Å². The summed E-state index contributed by atoms with van der Waals surface area (Å²) in [6.45, 7) is 4.24. The minimum Gasteiger partial charge on any atom is -0.391 e. The molecule has 0 aliphatic rings. The molecule has 0 fully saturated rings. The molecule has 0 radical (unpaired) electrons. The quantitative estimate of drug-likeness (QED) is 0.0968. The molecule has 0 spiro atoms. The fourth-order valence-corrected chi connectivity index (χ4v) is 4.10. The molecule has 0 saturated carbocycles. The summed E-state index contributed by atoms with van der Waals surface area (Å²) in [6, 6.07) is -1.02. The van der Waals surface area contributed by atoms with Gasteiger partial charge in [-0.15, -0.1) is 0 Å². The summed E-state index contributed by atoms with van der Waals surface area (Å²) >= 11 is 0. The Kier molecular flexibility index (Phi) is 21.2. The van der Waals surface area contributed by atoms with Gasteiger partial charge in [0.25, 0.3) is 10.1 Å². The van der Waals surface area contributed by atoms with Crippen LogP contribution < -0.4 is 5.32 Å². The Bertz CT molecular complexity index is 781. The molecule has 3 N–H and O–H groups in total. The third kappa shape index (κ3) is 23.5. The average molecular weight is 510 g/mol. The van der Waals surface area contributed by atoms with Gasteiger partial charge in [0.1, 0.15) is 0 Å². The largest absolute Gasteiger partial charge is 0.391 e. The van der Waals surface area contributed by atoms with Gasteiger partial charge in [0.2, 0.25) is 5.91 Å². The fourth-order valence-electron chi connectivity index (χ4n) is 3.34. The van der Waals surface area contributed by atoms with Crippen molar-refractivity contribution in [1.82, 2.24) is 5.32 Å². The molecule has 0 bridgehead atoms. The number of allylic oxidation sites excluding steroid dienone is 9.